The second-order valence-electron chi connectivity index (χ2n) is 2.35. The smallest absolute Gasteiger partial charge is 0.326 e. The first-order valence-corrected chi connectivity index (χ1v) is 3.49. The minimum Gasteiger partial charge on any atom is -0.480 e. The molecule has 0 aliphatic carbocycles. The van der Waals surface area contributed by atoms with Crippen LogP contribution in [0.15, 0.2) is 30.3 Å². The highest BCUT2D eigenvalue weighted by Gasteiger charge is 2.16. The maximum Gasteiger partial charge on any atom is 0.326 e. The number of nitrogens with one attached hydrogen (secondary N) is 1. The van der Waals surface area contributed by atoms with Crippen LogP contribution >= 0.6 is 0 Å². The van der Waals surface area contributed by atoms with Gasteiger partial charge in [-0.15, -0.1) is 0 Å². The molecule has 0 heterocycles. The third-order valence-corrected chi connectivity index (χ3v) is 1.55. The van der Waals surface area contributed by atoms with Gasteiger partial charge in [0.25, 0.3) is 0 Å². The zero-order valence-electron chi connectivity index (χ0n) is 6.40. The fraction of sp³-hybridized carbons (Fsp3) is 0.125. The van der Waals surface area contributed by atoms with Crippen molar-refractivity contribution in [1.82, 2.24) is 5.43 Å². The zero-order chi connectivity index (χ0) is 8.97. The molecule has 12 heavy (non-hydrogen) atoms. The van der Waals surface area contributed by atoms with Gasteiger partial charge in [-0.05, 0) is 5.56 Å². The molecule has 0 spiro atoms. The highest BCUT2D eigenvalue weighted by atomic mass is 16.4. The van der Waals surface area contributed by atoms with Crippen LogP contribution in [0, 0.1) is 0 Å². The summed E-state index contributed by atoms with van der Waals surface area (Å²) in [7, 11) is 0. The van der Waals surface area contributed by atoms with E-state index in [1.165, 1.54) is 0 Å². The average Bonchev–Trinajstić information content (AvgIpc) is 2.07. The summed E-state index contributed by atoms with van der Waals surface area (Å²) in [5, 5.41) is 8.68. The minimum atomic E-state index is -0.983. The molecule has 0 aromatic heterocycles. The number of benzene rings is 1. The molecule has 0 bridgehead atoms. The Morgan fingerprint density at radius 2 is 2.00 bits per heavy atom. The molecule has 1 atom stereocenters. The van der Waals surface area contributed by atoms with Crippen molar-refractivity contribution in [3.63, 3.8) is 0 Å². The summed E-state index contributed by atoms with van der Waals surface area (Å²) >= 11 is 0. The standard InChI is InChI=1S/C8H10N2O2/c9-10-7(8(11)12)6-4-2-1-3-5-6/h1-5,7,10H,9H2,(H,11,12). The lowest BCUT2D eigenvalue weighted by Crippen LogP contribution is -2.33. The van der Waals surface area contributed by atoms with E-state index in [-0.39, 0.29) is 0 Å². The molecule has 0 saturated heterocycles. The van der Waals surface area contributed by atoms with E-state index in [0.717, 1.165) is 0 Å². The van der Waals surface area contributed by atoms with Gasteiger partial charge in [-0.3, -0.25) is 10.6 Å². The van der Waals surface area contributed by atoms with E-state index in [2.05, 4.69) is 5.43 Å². The summed E-state index contributed by atoms with van der Waals surface area (Å²) in [6.45, 7) is 0. The number of hydrogen-bond acceptors (Lipinski definition) is 3. The maximum atomic E-state index is 10.6. The quantitative estimate of drug-likeness (QED) is 0.445. The van der Waals surface area contributed by atoms with Gasteiger partial charge >= 0.3 is 5.97 Å². The molecular formula is C8H10N2O2. The van der Waals surface area contributed by atoms with Crippen molar-refractivity contribution in [2.45, 2.75) is 6.04 Å². The Morgan fingerprint density at radius 3 is 2.42 bits per heavy atom. The third-order valence-electron chi connectivity index (χ3n) is 1.55. The molecule has 0 aliphatic heterocycles. The Bertz CT molecular complexity index is 261. The van der Waals surface area contributed by atoms with E-state index in [1.54, 1.807) is 24.3 Å². The van der Waals surface area contributed by atoms with E-state index in [1.807, 2.05) is 6.07 Å². The fourth-order valence-corrected chi connectivity index (χ4v) is 0.956. The van der Waals surface area contributed by atoms with Crippen LogP contribution in [0.3, 0.4) is 0 Å². The summed E-state index contributed by atoms with van der Waals surface area (Å²) in [5.74, 6) is 4.09. The number of rotatable bonds is 3. The lowest BCUT2D eigenvalue weighted by atomic mass is 10.1. The van der Waals surface area contributed by atoms with Gasteiger partial charge in [-0.2, -0.15) is 0 Å². The number of hydrazine groups is 1. The first-order valence-electron chi connectivity index (χ1n) is 3.49. The molecule has 4 nitrogen and oxygen atoms in total. The monoisotopic (exact) mass is 166 g/mol. The molecule has 64 valence electrons. The van der Waals surface area contributed by atoms with Crippen LogP contribution in [0.1, 0.15) is 11.6 Å². The third kappa shape index (κ3) is 1.81. The van der Waals surface area contributed by atoms with E-state index in [4.69, 9.17) is 10.9 Å². The van der Waals surface area contributed by atoms with E-state index >= 15 is 0 Å². The second-order valence-corrected chi connectivity index (χ2v) is 2.35. The molecule has 1 rings (SSSR count). The van der Waals surface area contributed by atoms with Crippen molar-refractivity contribution in [3.8, 4) is 0 Å². The summed E-state index contributed by atoms with van der Waals surface area (Å²) in [5.41, 5.74) is 2.86. The van der Waals surface area contributed by atoms with Crippen molar-refractivity contribution >= 4 is 5.97 Å². The number of carboxylic acids is 1. The predicted molar refractivity (Wildman–Crippen MR) is 44.1 cm³/mol. The van der Waals surface area contributed by atoms with Crippen LogP contribution in [0.2, 0.25) is 0 Å². The highest BCUT2D eigenvalue weighted by Crippen LogP contribution is 2.10. The molecule has 0 radical (unpaired) electrons. The maximum absolute atomic E-state index is 10.6. The molecule has 0 fully saturated rings. The number of aliphatic carboxylic acids is 1. The molecule has 0 saturated carbocycles. The minimum absolute atomic E-state index is 0.646. The lowest BCUT2D eigenvalue weighted by molar-refractivity contribution is -0.139. The summed E-state index contributed by atoms with van der Waals surface area (Å²) in [6.07, 6.45) is 0. The van der Waals surface area contributed by atoms with Gasteiger partial charge in [-0.25, -0.2) is 5.43 Å². The highest BCUT2D eigenvalue weighted by molar-refractivity contribution is 5.75. The molecule has 1 aromatic carbocycles. The Labute approximate surface area is 70.0 Å². The lowest BCUT2D eigenvalue weighted by Gasteiger charge is -2.09. The van der Waals surface area contributed by atoms with Crippen LogP contribution in [-0.4, -0.2) is 11.1 Å². The van der Waals surface area contributed by atoms with Crippen LogP contribution in [-0.2, 0) is 4.79 Å². The van der Waals surface area contributed by atoms with Crippen molar-refractivity contribution in [2.24, 2.45) is 5.84 Å². The Morgan fingerprint density at radius 1 is 1.42 bits per heavy atom. The van der Waals surface area contributed by atoms with Gasteiger partial charge in [0.15, 0.2) is 0 Å². The van der Waals surface area contributed by atoms with Crippen molar-refractivity contribution < 1.29 is 9.90 Å². The van der Waals surface area contributed by atoms with E-state index in [0.29, 0.717) is 5.56 Å². The summed E-state index contributed by atoms with van der Waals surface area (Å²) in [6, 6.07) is 7.94. The predicted octanol–water partition coefficient (Wildman–Crippen LogP) is 0.276. The van der Waals surface area contributed by atoms with Gasteiger partial charge in [0.05, 0.1) is 0 Å². The Hall–Kier alpha value is -1.39. The molecule has 4 N–H and O–H groups in total. The first kappa shape index (κ1) is 8.70. The molecule has 1 aromatic rings. The van der Waals surface area contributed by atoms with Crippen LogP contribution in [0.25, 0.3) is 0 Å². The van der Waals surface area contributed by atoms with Gasteiger partial charge < -0.3 is 5.11 Å². The molecular weight excluding hydrogens is 156 g/mol. The van der Waals surface area contributed by atoms with Gasteiger partial charge in [0.1, 0.15) is 6.04 Å². The Kier molecular flexibility index (Phi) is 2.79. The van der Waals surface area contributed by atoms with Gasteiger partial charge in [-0.1, -0.05) is 30.3 Å². The van der Waals surface area contributed by atoms with Crippen molar-refractivity contribution in [2.75, 3.05) is 0 Å². The van der Waals surface area contributed by atoms with Gasteiger partial charge in [0, 0.05) is 0 Å². The number of nitrogens with two attached hydrogens (primary N) is 1. The normalized spacial score (nSPS) is 12.4. The molecule has 4 heteroatoms. The van der Waals surface area contributed by atoms with E-state index < -0.39 is 12.0 Å². The van der Waals surface area contributed by atoms with Crippen LogP contribution in [0.5, 0.6) is 0 Å². The van der Waals surface area contributed by atoms with Crippen LogP contribution < -0.4 is 11.3 Å². The van der Waals surface area contributed by atoms with Crippen molar-refractivity contribution in [1.29, 1.82) is 0 Å². The average molecular weight is 166 g/mol. The van der Waals surface area contributed by atoms with Crippen molar-refractivity contribution in [3.05, 3.63) is 35.9 Å². The molecule has 0 amide bonds. The summed E-state index contributed by atoms with van der Waals surface area (Å²) < 4.78 is 0. The SMILES string of the molecule is NNC(C(=O)O)c1ccccc1. The number of carboxylic acid groups (broad SMARTS) is 1. The first-order chi connectivity index (χ1) is 5.75. The molecule has 0 aliphatic rings. The second kappa shape index (κ2) is 3.85. The topological polar surface area (TPSA) is 75.3 Å². The Balaban J connectivity index is 2.88. The summed E-state index contributed by atoms with van der Waals surface area (Å²) in [4.78, 5) is 10.6. The van der Waals surface area contributed by atoms with Crippen LogP contribution in [0.4, 0.5) is 0 Å². The van der Waals surface area contributed by atoms with Gasteiger partial charge in [0.2, 0.25) is 0 Å². The largest absolute Gasteiger partial charge is 0.480 e. The van der Waals surface area contributed by atoms with E-state index in [9.17, 15) is 4.79 Å². The zero-order valence-corrected chi connectivity index (χ0v) is 6.40. The number of carbonyl (C=O) groups is 1. The molecule has 1 unspecified atom stereocenters. The number of hydrogen-bond donors (Lipinski definition) is 3. The fourth-order valence-electron chi connectivity index (χ4n) is 0.956.